The molecule has 152 valence electrons. The number of fused-ring (bicyclic) bond motifs is 1. The summed E-state index contributed by atoms with van der Waals surface area (Å²) >= 11 is 6.20. The predicted octanol–water partition coefficient (Wildman–Crippen LogP) is 4.10. The lowest BCUT2D eigenvalue weighted by molar-refractivity contribution is 0.402. The van der Waals surface area contributed by atoms with Crippen molar-refractivity contribution in [3.8, 4) is 0 Å². The molecule has 0 amide bonds. The van der Waals surface area contributed by atoms with Crippen molar-refractivity contribution in [2.24, 2.45) is 11.6 Å². The van der Waals surface area contributed by atoms with Crippen LogP contribution in [0.4, 0.5) is 5.69 Å². The second-order valence-corrected chi connectivity index (χ2v) is 8.14. The normalized spacial score (nSPS) is 21.1. The SMILES string of the molecule is C/C(N)=C1\c2ccc(C3=CCNCC3)cc2C(Nc2cccc(Cl)c2)CCN1N. The quantitative estimate of drug-likeness (QED) is 0.574. The van der Waals surface area contributed by atoms with Gasteiger partial charge in [0.15, 0.2) is 0 Å². The van der Waals surface area contributed by atoms with Gasteiger partial charge in [-0.3, -0.25) is 0 Å². The summed E-state index contributed by atoms with van der Waals surface area (Å²) in [7, 11) is 0. The standard InChI is InChI=1S/C23H28ClN5/c1-15(25)23-20-6-5-17(16-7-10-27-11-8-16)13-21(20)22(9-12-29(23)26)28-19-4-2-3-18(24)14-19/h2-7,13-14,22,27-28H,8-12,25-26H2,1H3/b23-15-. The molecular formula is C23H28ClN5. The summed E-state index contributed by atoms with van der Waals surface area (Å²) in [5, 5.41) is 9.54. The van der Waals surface area contributed by atoms with Crippen LogP contribution < -0.4 is 22.2 Å². The Kier molecular flexibility index (Phi) is 5.81. The summed E-state index contributed by atoms with van der Waals surface area (Å²) in [6.07, 6.45) is 4.17. The Balaban J connectivity index is 1.80. The second kappa shape index (κ2) is 8.49. The summed E-state index contributed by atoms with van der Waals surface area (Å²) in [5.41, 5.74) is 13.8. The molecule has 6 N–H and O–H groups in total. The lowest BCUT2D eigenvalue weighted by Crippen LogP contribution is -2.31. The van der Waals surface area contributed by atoms with Gasteiger partial charge in [0.05, 0.1) is 11.7 Å². The molecule has 0 aromatic heterocycles. The van der Waals surface area contributed by atoms with Crippen molar-refractivity contribution in [3.63, 3.8) is 0 Å². The fourth-order valence-electron chi connectivity index (χ4n) is 4.21. The van der Waals surface area contributed by atoms with E-state index in [1.807, 2.05) is 31.2 Å². The van der Waals surface area contributed by atoms with Gasteiger partial charge < -0.3 is 21.4 Å². The highest BCUT2D eigenvalue weighted by molar-refractivity contribution is 6.30. The fourth-order valence-corrected chi connectivity index (χ4v) is 4.40. The maximum absolute atomic E-state index is 6.38. The number of hydrogen-bond acceptors (Lipinski definition) is 5. The molecule has 0 saturated carbocycles. The van der Waals surface area contributed by atoms with Crippen LogP contribution in [0.3, 0.4) is 0 Å². The molecule has 0 radical (unpaired) electrons. The van der Waals surface area contributed by atoms with Crippen LogP contribution in [0.1, 0.15) is 42.5 Å². The number of allylic oxidation sites excluding steroid dienone is 1. The molecule has 4 rings (SSSR count). The number of hydrazine groups is 1. The van der Waals surface area contributed by atoms with Crippen molar-refractivity contribution in [1.82, 2.24) is 10.3 Å². The first-order valence-corrected chi connectivity index (χ1v) is 10.5. The Bertz CT molecular complexity index is 961. The van der Waals surface area contributed by atoms with Crippen LogP contribution in [-0.4, -0.2) is 24.6 Å². The van der Waals surface area contributed by atoms with Crippen LogP contribution in [0.15, 0.2) is 54.2 Å². The zero-order valence-corrected chi connectivity index (χ0v) is 17.5. The molecule has 2 aromatic rings. The average molecular weight is 410 g/mol. The third-order valence-corrected chi connectivity index (χ3v) is 5.84. The Morgan fingerprint density at radius 3 is 2.83 bits per heavy atom. The Labute approximate surface area is 177 Å². The highest BCUT2D eigenvalue weighted by Crippen LogP contribution is 2.37. The molecule has 0 spiro atoms. The van der Waals surface area contributed by atoms with Gasteiger partial charge in [-0.25, -0.2) is 5.84 Å². The Hall–Kier alpha value is -2.47. The third-order valence-electron chi connectivity index (χ3n) is 5.60. The highest BCUT2D eigenvalue weighted by Gasteiger charge is 2.26. The Morgan fingerprint density at radius 2 is 2.10 bits per heavy atom. The zero-order valence-electron chi connectivity index (χ0n) is 16.7. The lowest BCUT2D eigenvalue weighted by Gasteiger charge is -2.23. The number of halogens is 1. The minimum Gasteiger partial charge on any atom is -0.401 e. The molecule has 29 heavy (non-hydrogen) atoms. The van der Waals surface area contributed by atoms with Crippen LogP contribution in [0.25, 0.3) is 11.3 Å². The number of hydrogen-bond donors (Lipinski definition) is 4. The van der Waals surface area contributed by atoms with Gasteiger partial charge >= 0.3 is 0 Å². The van der Waals surface area contributed by atoms with E-state index in [1.54, 1.807) is 5.01 Å². The van der Waals surface area contributed by atoms with Gasteiger partial charge in [-0.05, 0) is 67.3 Å². The largest absolute Gasteiger partial charge is 0.401 e. The van der Waals surface area contributed by atoms with E-state index < -0.39 is 0 Å². The molecule has 0 aliphatic carbocycles. The van der Waals surface area contributed by atoms with E-state index in [4.69, 9.17) is 23.2 Å². The van der Waals surface area contributed by atoms with Crippen molar-refractivity contribution in [2.45, 2.75) is 25.8 Å². The van der Waals surface area contributed by atoms with Crippen molar-refractivity contribution < 1.29 is 0 Å². The van der Waals surface area contributed by atoms with E-state index in [1.165, 1.54) is 16.7 Å². The van der Waals surface area contributed by atoms with Crippen LogP contribution in [0.5, 0.6) is 0 Å². The first-order chi connectivity index (χ1) is 14.0. The fraction of sp³-hybridized carbons (Fsp3) is 0.304. The van der Waals surface area contributed by atoms with E-state index in [-0.39, 0.29) is 6.04 Å². The molecule has 2 aliphatic heterocycles. The van der Waals surface area contributed by atoms with E-state index in [2.05, 4.69) is 34.9 Å². The van der Waals surface area contributed by atoms with Gasteiger partial charge in [0.2, 0.25) is 0 Å². The number of nitrogens with one attached hydrogen (secondary N) is 2. The molecule has 0 bridgehead atoms. The van der Waals surface area contributed by atoms with Gasteiger partial charge in [-0.15, -0.1) is 0 Å². The number of rotatable bonds is 3. The maximum atomic E-state index is 6.38. The minimum absolute atomic E-state index is 0.105. The van der Waals surface area contributed by atoms with Gasteiger partial charge in [0.25, 0.3) is 0 Å². The molecule has 0 saturated heterocycles. The number of benzene rings is 2. The Morgan fingerprint density at radius 1 is 1.24 bits per heavy atom. The predicted molar refractivity (Wildman–Crippen MR) is 122 cm³/mol. The number of nitrogens with zero attached hydrogens (tertiary/aromatic N) is 1. The van der Waals surface area contributed by atoms with E-state index in [0.29, 0.717) is 6.54 Å². The van der Waals surface area contributed by atoms with Gasteiger partial charge in [-0.1, -0.05) is 35.9 Å². The van der Waals surface area contributed by atoms with Crippen LogP contribution >= 0.6 is 11.6 Å². The first kappa shape index (κ1) is 19.8. The molecular weight excluding hydrogens is 382 g/mol. The minimum atomic E-state index is 0.105. The topological polar surface area (TPSA) is 79.3 Å². The highest BCUT2D eigenvalue weighted by atomic mass is 35.5. The molecule has 6 heteroatoms. The summed E-state index contributed by atoms with van der Waals surface area (Å²) in [5.74, 6) is 6.38. The molecule has 2 aliphatic rings. The third kappa shape index (κ3) is 4.27. The van der Waals surface area contributed by atoms with Crippen LogP contribution in [0.2, 0.25) is 5.02 Å². The molecule has 2 aromatic carbocycles. The van der Waals surface area contributed by atoms with E-state index in [0.717, 1.165) is 53.6 Å². The summed E-state index contributed by atoms with van der Waals surface area (Å²) < 4.78 is 0. The molecule has 2 heterocycles. The summed E-state index contributed by atoms with van der Waals surface area (Å²) in [4.78, 5) is 0. The smallest absolute Gasteiger partial charge is 0.0777 e. The monoisotopic (exact) mass is 409 g/mol. The van der Waals surface area contributed by atoms with E-state index in [9.17, 15) is 0 Å². The number of nitrogens with two attached hydrogens (primary N) is 2. The van der Waals surface area contributed by atoms with Crippen molar-refractivity contribution in [3.05, 3.63) is 76.0 Å². The van der Waals surface area contributed by atoms with Gasteiger partial charge in [0, 0.05) is 35.1 Å². The molecule has 1 unspecified atom stereocenters. The zero-order chi connectivity index (χ0) is 20.4. The van der Waals surface area contributed by atoms with Gasteiger partial charge in [0.1, 0.15) is 0 Å². The second-order valence-electron chi connectivity index (χ2n) is 7.71. The van der Waals surface area contributed by atoms with E-state index >= 15 is 0 Å². The van der Waals surface area contributed by atoms with Crippen LogP contribution in [0, 0.1) is 0 Å². The van der Waals surface area contributed by atoms with Crippen molar-refractivity contribution in [2.75, 3.05) is 25.0 Å². The molecule has 5 nitrogen and oxygen atoms in total. The molecule has 1 atom stereocenters. The first-order valence-electron chi connectivity index (χ1n) is 10.1. The molecule has 0 fully saturated rings. The maximum Gasteiger partial charge on any atom is 0.0777 e. The van der Waals surface area contributed by atoms with Gasteiger partial charge in [-0.2, -0.15) is 0 Å². The number of anilines is 1. The van der Waals surface area contributed by atoms with Crippen molar-refractivity contribution >= 4 is 28.6 Å². The van der Waals surface area contributed by atoms with Crippen LogP contribution in [-0.2, 0) is 0 Å². The summed E-state index contributed by atoms with van der Waals surface area (Å²) in [6, 6.07) is 14.6. The van der Waals surface area contributed by atoms with Crippen molar-refractivity contribution in [1.29, 1.82) is 0 Å². The summed E-state index contributed by atoms with van der Waals surface area (Å²) in [6.45, 7) is 4.54. The average Bonchev–Trinajstić information content (AvgIpc) is 2.85. The lowest BCUT2D eigenvalue weighted by atomic mass is 9.91.